The highest BCUT2D eigenvalue weighted by Gasteiger charge is 2.16. The Morgan fingerprint density at radius 3 is 2.43 bits per heavy atom. The number of nitrogens with zero attached hydrogens (tertiary/aromatic N) is 3. The lowest BCUT2D eigenvalue weighted by Gasteiger charge is -2.19. The number of amides is 1. The molecule has 0 aliphatic rings. The van der Waals surface area contributed by atoms with Crippen LogP contribution in [0, 0.1) is 6.92 Å². The number of nitrogens with two attached hydrogens (primary N) is 1. The first-order valence-electron chi connectivity index (χ1n) is 8.77. The van der Waals surface area contributed by atoms with Gasteiger partial charge in [-0.3, -0.25) is 9.59 Å². The van der Waals surface area contributed by atoms with Crippen LogP contribution < -0.4 is 16.7 Å². The summed E-state index contributed by atoms with van der Waals surface area (Å²) in [7, 11) is 0. The molecule has 3 N–H and O–H groups in total. The monoisotopic (exact) mass is 395 g/mol. The van der Waals surface area contributed by atoms with E-state index in [2.05, 4.69) is 15.5 Å². The van der Waals surface area contributed by atoms with Crippen molar-refractivity contribution >= 4 is 17.7 Å². The van der Waals surface area contributed by atoms with Crippen LogP contribution in [0.25, 0.3) is 0 Å². The third-order valence-electron chi connectivity index (χ3n) is 4.17. The van der Waals surface area contributed by atoms with Crippen LogP contribution in [-0.2, 0) is 11.2 Å². The standard InChI is InChI=1S/C20H21N5O2S/c1-14-19(27)25(21)20(24-23-14)28-13-18(26)22-17(16-10-6-3-7-11-16)12-15-8-4-2-5-9-15/h2-11,17H,12-13,21H2,1H3,(H,22,26)/t17-/m1/s1. The zero-order valence-electron chi connectivity index (χ0n) is 15.4. The Kier molecular flexibility index (Phi) is 6.44. The second-order valence-corrected chi connectivity index (χ2v) is 7.19. The fraction of sp³-hybridized carbons (Fsp3) is 0.200. The normalized spacial score (nSPS) is 11.8. The molecule has 8 heteroatoms. The SMILES string of the molecule is Cc1nnc(SCC(=O)N[C@H](Cc2ccccc2)c2ccccc2)n(N)c1=O. The minimum absolute atomic E-state index is 0.0759. The van der Waals surface area contributed by atoms with Gasteiger partial charge in [0.1, 0.15) is 5.69 Å². The summed E-state index contributed by atoms with van der Waals surface area (Å²) in [5.41, 5.74) is 1.94. The van der Waals surface area contributed by atoms with Crippen molar-refractivity contribution in [1.82, 2.24) is 20.2 Å². The van der Waals surface area contributed by atoms with Gasteiger partial charge in [0.25, 0.3) is 5.56 Å². The number of carbonyl (C=O) groups excluding carboxylic acids is 1. The molecule has 0 aliphatic heterocycles. The molecule has 1 heterocycles. The van der Waals surface area contributed by atoms with Gasteiger partial charge in [0.2, 0.25) is 11.1 Å². The largest absolute Gasteiger partial charge is 0.348 e. The van der Waals surface area contributed by atoms with Gasteiger partial charge in [-0.15, -0.1) is 10.2 Å². The van der Waals surface area contributed by atoms with Gasteiger partial charge in [0.05, 0.1) is 11.8 Å². The highest BCUT2D eigenvalue weighted by atomic mass is 32.2. The van der Waals surface area contributed by atoms with Crippen LogP contribution >= 0.6 is 11.8 Å². The van der Waals surface area contributed by atoms with Gasteiger partial charge in [-0.1, -0.05) is 72.4 Å². The van der Waals surface area contributed by atoms with E-state index >= 15 is 0 Å². The smallest absolute Gasteiger partial charge is 0.294 e. The molecular weight excluding hydrogens is 374 g/mol. The summed E-state index contributed by atoms with van der Waals surface area (Å²) in [6.07, 6.45) is 0.674. The maximum absolute atomic E-state index is 12.5. The number of hydrogen-bond acceptors (Lipinski definition) is 6. The number of nitrogen functional groups attached to an aromatic ring is 1. The molecule has 3 aromatic rings. The number of hydrogen-bond donors (Lipinski definition) is 2. The van der Waals surface area contributed by atoms with Gasteiger partial charge in [-0.05, 0) is 24.5 Å². The molecule has 1 amide bonds. The maximum Gasteiger partial charge on any atom is 0.294 e. The van der Waals surface area contributed by atoms with Crippen LogP contribution in [-0.4, -0.2) is 26.5 Å². The van der Waals surface area contributed by atoms with E-state index in [0.29, 0.717) is 6.42 Å². The molecule has 1 atom stereocenters. The van der Waals surface area contributed by atoms with Crippen molar-refractivity contribution in [3.8, 4) is 0 Å². The van der Waals surface area contributed by atoms with Crippen LogP contribution in [0.3, 0.4) is 0 Å². The molecule has 2 aromatic carbocycles. The van der Waals surface area contributed by atoms with Crippen molar-refractivity contribution in [2.24, 2.45) is 0 Å². The Balaban J connectivity index is 1.69. The number of thioether (sulfide) groups is 1. The maximum atomic E-state index is 12.5. The zero-order chi connectivity index (χ0) is 19.9. The molecule has 0 spiro atoms. The Morgan fingerprint density at radius 1 is 1.11 bits per heavy atom. The summed E-state index contributed by atoms with van der Waals surface area (Å²) in [5.74, 6) is 5.61. The first kappa shape index (κ1) is 19.6. The van der Waals surface area contributed by atoms with Crippen LogP contribution in [0.4, 0.5) is 0 Å². The first-order valence-corrected chi connectivity index (χ1v) is 9.75. The molecule has 0 radical (unpaired) electrons. The summed E-state index contributed by atoms with van der Waals surface area (Å²) in [6.45, 7) is 1.54. The summed E-state index contributed by atoms with van der Waals surface area (Å²) in [6, 6.07) is 19.6. The number of aromatic nitrogens is 3. The van der Waals surface area contributed by atoms with E-state index in [4.69, 9.17) is 5.84 Å². The summed E-state index contributed by atoms with van der Waals surface area (Å²) in [4.78, 5) is 24.4. The average molecular weight is 395 g/mol. The van der Waals surface area contributed by atoms with Crippen molar-refractivity contribution in [1.29, 1.82) is 0 Å². The first-order chi connectivity index (χ1) is 13.5. The molecule has 0 aliphatic carbocycles. The molecular formula is C20H21N5O2S. The molecule has 1 aromatic heterocycles. The van der Waals surface area contributed by atoms with Crippen molar-refractivity contribution in [3.63, 3.8) is 0 Å². The van der Waals surface area contributed by atoms with Gasteiger partial charge in [-0.2, -0.15) is 4.68 Å². The average Bonchev–Trinajstić information content (AvgIpc) is 2.72. The predicted molar refractivity (Wildman–Crippen MR) is 109 cm³/mol. The molecule has 144 valence electrons. The Labute approximate surface area is 167 Å². The van der Waals surface area contributed by atoms with Gasteiger partial charge in [0, 0.05) is 0 Å². The lowest BCUT2D eigenvalue weighted by Crippen LogP contribution is -2.34. The number of carbonyl (C=O) groups is 1. The third-order valence-corrected chi connectivity index (χ3v) is 5.12. The Hall–Kier alpha value is -3.13. The molecule has 3 rings (SSSR count). The van der Waals surface area contributed by atoms with Gasteiger partial charge < -0.3 is 11.2 Å². The summed E-state index contributed by atoms with van der Waals surface area (Å²) in [5, 5.41) is 10.9. The number of nitrogens with one attached hydrogen (secondary N) is 1. The highest BCUT2D eigenvalue weighted by molar-refractivity contribution is 7.99. The molecule has 28 heavy (non-hydrogen) atoms. The summed E-state index contributed by atoms with van der Waals surface area (Å²) < 4.78 is 0.916. The highest BCUT2D eigenvalue weighted by Crippen LogP contribution is 2.19. The van der Waals surface area contributed by atoms with Crippen LogP contribution in [0.2, 0.25) is 0 Å². The van der Waals surface area contributed by atoms with Crippen molar-refractivity contribution in [2.45, 2.75) is 24.5 Å². The number of rotatable bonds is 7. The van der Waals surface area contributed by atoms with E-state index in [9.17, 15) is 9.59 Å². The van der Waals surface area contributed by atoms with E-state index in [1.54, 1.807) is 0 Å². The molecule has 0 bridgehead atoms. The third kappa shape index (κ3) is 4.98. The molecule has 0 unspecified atom stereocenters. The Bertz CT molecular complexity index is 992. The van der Waals surface area contributed by atoms with Crippen molar-refractivity contribution < 1.29 is 4.79 Å². The van der Waals surface area contributed by atoms with Crippen LogP contribution in [0.1, 0.15) is 22.9 Å². The van der Waals surface area contributed by atoms with Crippen LogP contribution in [0.5, 0.6) is 0 Å². The van der Waals surface area contributed by atoms with Crippen LogP contribution in [0.15, 0.2) is 70.6 Å². The predicted octanol–water partition coefficient (Wildman–Crippen LogP) is 1.85. The van der Waals surface area contributed by atoms with Crippen molar-refractivity contribution in [3.05, 3.63) is 87.8 Å². The van der Waals surface area contributed by atoms with E-state index in [0.717, 1.165) is 27.6 Å². The van der Waals surface area contributed by atoms with E-state index in [1.807, 2.05) is 60.7 Å². The summed E-state index contributed by atoms with van der Waals surface area (Å²) >= 11 is 1.07. The van der Waals surface area contributed by atoms with Gasteiger partial charge >= 0.3 is 0 Å². The molecule has 0 saturated heterocycles. The topological polar surface area (TPSA) is 103 Å². The zero-order valence-corrected chi connectivity index (χ0v) is 16.2. The van der Waals surface area contributed by atoms with E-state index < -0.39 is 5.56 Å². The van der Waals surface area contributed by atoms with E-state index in [-0.39, 0.29) is 28.6 Å². The Morgan fingerprint density at radius 2 is 1.75 bits per heavy atom. The van der Waals surface area contributed by atoms with Gasteiger partial charge in [0.15, 0.2) is 0 Å². The quantitative estimate of drug-likeness (QED) is 0.468. The van der Waals surface area contributed by atoms with Gasteiger partial charge in [-0.25, -0.2) is 0 Å². The molecule has 7 nitrogen and oxygen atoms in total. The molecule has 0 fully saturated rings. The minimum Gasteiger partial charge on any atom is -0.348 e. The van der Waals surface area contributed by atoms with Crippen molar-refractivity contribution in [2.75, 3.05) is 11.6 Å². The number of benzene rings is 2. The second kappa shape index (κ2) is 9.18. The fourth-order valence-corrected chi connectivity index (χ4v) is 3.39. The molecule has 0 saturated carbocycles. The lowest BCUT2D eigenvalue weighted by atomic mass is 9.99. The van der Waals surface area contributed by atoms with E-state index in [1.165, 1.54) is 6.92 Å². The minimum atomic E-state index is -0.427. The number of aryl methyl sites for hydroxylation is 1. The lowest BCUT2D eigenvalue weighted by molar-refractivity contribution is -0.119. The second-order valence-electron chi connectivity index (χ2n) is 6.25. The fourth-order valence-electron chi connectivity index (χ4n) is 2.72.